The molecule has 1 aromatic heterocycles. The van der Waals surface area contributed by atoms with Gasteiger partial charge in [-0.1, -0.05) is 18.2 Å². The number of esters is 1. The van der Waals surface area contributed by atoms with Crippen LogP contribution < -0.4 is 5.32 Å². The first-order valence-electron chi connectivity index (χ1n) is 12.1. The van der Waals surface area contributed by atoms with Crippen LogP contribution in [-0.2, 0) is 23.9 Å². The fourth-order valence-electron chi connectivity index (χ4n) is 5.31. The quantitative estimate of drug-likeness (QED) is 0.423. The molecule has 0 radical (unpaired) electrons. The standard InChI is InChI=1S/C27H28N2O6S/c1-16-24(27(31)35-15-20-8-4-10-34-20)25(17-6-3-7-19(12-17)29(32)33-2)26-21(28-16)13-18(14-22(26)30)23-9-5-11-36-23/h3,5-7,9,11-12,18,20,25H,4,8,10,13-15H2,1-2H3/p+1. The Balaban J connectivity index is 1.53. The molecule has 0 saturated carbocycles. The largest absolute Gasteiger partial charge is 0.459 e. The van der Waals surface area contributed by atoms with Gasteiger partial charge in [0.25, 0.3) is 4.92 Å². The zero-order valence-electron chi connectivity index (χ0n) is 20.3. The second-order valence-corrected chi connectivity index (χ2v) is 10.3. The molecule has 188 valence electrons. The van der Waals surface area contributed by atoms with Gasteiger partial charge in [0.2, 0.25) is 0 Å². The third kappa shape index (κ3) is 4.73. The molecule has 1 aliphatic carbocycles. The van der Waals surface area contributed by atoms with Crippen molar-refractivity contribution in [3.8, 4) is 0 Å². The van der Waals surface area contributed by atoms with Crippen molar-refractivity contribution in [3.05, 3.63) is 79.7 Å². The Labute approximate surface area is 213 Å². The van der Waals surface area contributed by atoms with Crippen molar-refractivity contribution >= 4 is 28.8 Å². The maximum atomic E-state index is 13.6. The van der Waals surface area contributed by atoms with Gasteiger partial charge in [0.05, 0.1) is 16.6 Å². The molecule has 2 aromatic rings. The third-order valence-electron chi connectivity index (χ3n) is 7.00. The van der Waals surface area contributed by atoms with Gasteiger partial charge in [-0.3, -0.25) is 4.79 Å². The highest BCUT2D eigenvalue weighted by Crippen LogP contribution is 2.46. The lowest BCUT2D eigenvalue weighted by Gasteiger charge is -2.36. The molecule has 5 rings (SSSR count). The van der Waals surface area contributed by atoms with Crippen LogP contribution in [0.5, 0.6) is 0 Å². The van der Waals surface area contributed by atoms with E-state index >= 15 is 0 Å². The first-order valence-corrected chi connectivity index (χ1v) is 13.0. The predicted octanol–water partition coefficient (Wildman–Crippen LogP) is 4.80. The van der Waals surface area contributed by atoms with E-state index in [1.54, 1.807) is 29.5 Å². The van der Waals surface area contributed by atoms with Crippen LogP contribution in [0.15, 0.2) is 64.3 Å². The van der Waals surface area contributed by atoms with Crippen LogP contribution in [-0.4, -0.2) is 43.1 Å². The summed E-state index contributed by atoms with van der Waals surface area (Å²) in [4.78, 5) is 45.7. The second-order valence-electron chi connectivity index (χ2n) is 9.30. The van der Waals surface area contributed by atoms with Crippen molar-refractivity contribution in [2.45, 2.75) is 50.5 Å². The molecule has 1 fully saturated rings. The molecular weight excluding hydrogens is 480 g/mol. The van der Waals surface area contributed by atoms with Crippen LogP contribution in [0.25, 0.3) is 0 Å². The lowest BCUT2D eigenvalue weighted by Crippen LogP contribution is -2.36. The van der Waals surface area contributed by atoms with Gasteiger partial charge in [0.1, 0.15) is 6.61 Å². The molecule has 3 aliphatic rings. The number of hydrogen-bond donors (Lipinski definition) is 1. The summed E-state index contributed by atoms with van der Waals surface area (Å²) in [6, 6.07) is 10.9. The second kappa shape index (κ2) is 10.4. The minimum absolute atomic E-state index is 0.0137. The number of nitrogens with zero attached hydrogens (tertiary/aromatic N) is 1. The Hall–Kier alpha value is -3.30. The smallest absolute Gasteiger partial charge is 0.336 e. The molecule has 2 aliphatic heterocycles. The summed E-state index contributed by atoms with van der Waals surface area (Å²) < 4.78 is 11.3. The van der Waals surface area contributed by atoms with E-state index in [0.29, 0.717) is 46.8 Å². The summed E-state index contributed by atoms with van der Waals surface area (Å²) in [5.74, 6) is -1.07. The van der Waals surface area contributed by atoms with E-state index in [2.05, 4.69) is 11.4 Å². The minimum atomic E-state index is -0.653. The van der Waals surface area contributed by atoms with Crippen molar-refractivity contribution in [1.82, 2.24) is 5.32 Å². The monoisotopic (exact) mass is 509 g/mol. The zero-order chi connectivity index (χ0) is 25.2. The summed E-state index contributed by atoms with van der Waals surface area (Å²) >= 11 is 1.65. The lowest BCUT2D eigenvalue weighted by atomic mass is 9.72. The minimum Gasteiger partial charge on any atom is -0.459 e. The number of carbonyl (C=O) groups excluding carboxylic acids is 2. The fourth-order valence-corrected chi connectivity index (χ4v) is 6.14. The molecule has 3 heterocycles. The highest BCUT2D eigenvalue weighted by Gasteiger charge is 2.42. The van der Waals surface area contributed by atoms with Crippen LogP contribution in [0, 0.1) is 4.91 Å². The van der Waals surface area contributed by atoms with Gasteiger partial charge in [0, 0.05) is 58.8 Å². The zero-order valence-corrected chi connectivity index (χ0v) is 21.1. The molecule has 0 amide bonds. The van der Waals surface area contributed by atoms with Crippen molar-refractivity contribution in [3.63, 3.8) is 0 Å². The highest BCUT2D eigenvalue weighted by molar-refractivity contribution is 7.10. The Morgan fingerprint density at radius 1 is 1.25 bits per heavy atom. The van der Waals surface area contributed by atoms with Crippen LogP contribution in [0.1, 0.15) is 54.9 Å². The number of benzene rings is 1. The Kier molecular flexibility index (Phi) is 7.02. The van der Waals surface area contributed by atoms with E-state index in [4.69, 9.17) is 14.3 Å². The number of Topliss-reactive ketones (excluding diaryl/α,β-unsaturated/α-hetero) is 1. The number of ketones is 1. The number of dihydropyridines is 1. The number of thiophene rings is 1. The first-order chi connectivity index (χ1) is 17.5. The molecule has 1 aromatic carbocycles. The number of hydrogen-bond acceptors (Lipinski definition) is 8. The van der Waals surface area contributed by atoms with E-state index in [0.717, 1.165) is 18.5 Å². The average molecular weight is 510 g/mol. The summed E-state index contributed by atoms with van der Waals surface area (Å²) in [6.45, 7) is 2.67. The summed E-state index contributed by atoms with van der Waals surface area (Å²) in [7, 11) is 1.29. The number of carbonyl (C=O) groups is 2. The van der Waals surface area contributed by atoms with Gasteiger partial charge >= 0.3 is 11.7 Å². The van der Waals surface area contributed by atoms with E-state index in [-0.39, 0.29) is 30.1 Å². The normalized spacial score (nSPS) is 23.8. The molecule has 0 spiro atoms. The van der Waals surface area contributed by atoms with Crippen LogP contribution >= 0.6 is 11.3 Å². The van der Waals surface area contributed by atoms with E-state index in [9.17, 15) is 14.5 Å². The number of rotatable bonds is 7. The Bertz CT molecular complexity index is 1240. The SMILES string of the molecule is CO[N+](=O)c1cccc(C2C(C(=O)OCC3CCCO3)=C(C)NC3=C2C(=O)CC(c2cccs2)C3)c1. The Morgan fingerprint density at radius 2 is 2.11 bits per heavy atom. The number of nitrogens with one attached hydrogen (secondary N) is 1. The molecule has 8 nitrogen and oxygen atoms in total. The molecule has 36 heavy (non-hydrogen) atoms. The van der Waals surface area contributed by atoms with Gasteiger partial charge in [0.15, 0.2) is 12.9 Å². The first kappa shape index (κ1) is 24.4. The van der Waals surface area contributed by atoms with Crippen molar-refractivity contribution < 1.29 is 28.8 Å². The van der Waals surface area contributed by atoms with E-state index in [1.807, 2.05) is 24.4 Å². The summed E-state index contributed by atoms with van der Waals surface area (Å²) in [5, 5.41) is 5.38. The summed E-state index contributed by atoms with van der Waals surface area (Å²) in [6.07, 6.45) is 2.71. The molecule has 1 saturated heterocycles. The lowest BCUT2D eigenvalue weighted by molar-refractivity contribution is -0.736. The van der Waals surface area contributed by atoms with Crippen LogP contribution in [0.4, 0.5) is 5.69 Å². The number of ether oxygens (including phenoxy) is 2. The number of allylic oxidation sites excluding steroid dienone is 3. The molecule has 9 heteroatoms. The van der Waals surface area contributed by atoms with Gasteiger partial charge in [-0.2, -0.15) is 0 Å². The van der Waals surface area contributed by atoms with Crippen LogP contribution in [0.3, 0.4) is 0 Å². The van der Waals surface area contributed by atoms with Crippen LogP contribution in [0.2, 0.25) is 0 Å². The predicted molar refractivity (Wildman–Crippen MR) is 134 cm³/mol. The molecule has 0 bridgehead atoms. The summed E-state index contributed by atoms with van der Waals surface area (Å²) in [5.41, 5.74) is 3.34. The third-order valence-corrected chi connectivity index (χ3v) is 8.03. The van der Waals surface area contributed by atoms with Gasteiger partial charge in [-0.25, -0.2) is 9.63 Å². The topological polar surface area (TPSA) is 93.9 Å². The highest BCUT2D eigenvalue weighted by atomic mass is 32.1. The van der Waals surface area contributed by atoms with E-state index in [1.165, 1.54) is 12.0 Å². The fraction of sp³-hybridized carbons (Fsp3) is 0.407. The van der Waals surface area contributed by atoms with Crippen molar-refractivity contribution in [1.29, 1.82) is 0 Å². The average Bonchev–Trinajstić information content (AvgIpc) is 3.60. The van der Waals surface area contributed by atoms with Crippen molar-refractivity contribution in [2.75, 3.05) is 20.3 Å². The Morgan fingerprint density at radius 3 is 2.83 bits per heavy atom. The maximum absolute atomic E-state index is 13.6. The van der Waals surface area contributed by atoms with Gasteiger partial charge in [-0.15, -0.1) is 11.3 Å². The van der Waals surface area contributed by atoms with E-state index < -0.39 is 11.9 Å². The maximum Gasteiger partial charge on any atom is 0.336 e. The molecule has 1 N–H and O–H groups in total. The molecule has 3 atom stereocenters. The van der Waals surface area contributed by atoms with Gasteiger partial charge in [-0.05, 0) is 43.2 Å². The van der Waals surface area contributed by atoms with Crippen molar-refractivity contribution in [2.24, 2.45) is 0 Å². The van der Waals surface area contributed by atoms with Gasteiger partial charge < -0.3 is 14.8 Å². The molecular formula is C27H29N2O6S+. The molecule has 3 unspecified atom stereocenters.